The number of pyridine rings is 1. The lowest BCUT2D eigenvalue weighted by Gasteiger charge is -2.11. The molecule has 2 aromatic carbocycles. The van der Waals surface area contributed by atoms with E-state index in [1.165, 1.54) is 0 Å². The number of hydrogen-bond donors (Lipinski definition) is 4. The van der Waals surface area contributed by atoms with E-state index in [1.54, 1.807) is 35.1 Å². The Hall–Kier alpha value is -4.46. The normalized spacial score (nSPS) is 10.5. The zero-order valence-corrected chi connectivity index (χ0v) is 17.5. The smallest absolute Gasteiger partial charge is 0.274 e. The molecule has 0 bridgehead atoms. The average molecular weight is 425 g/mol. The number of nitrogens with one attached hydrogen (secondary N) is 3. The summed E-state index contributed by atoms with van der Waals surface area (Å²) >= 11 is 0. The van der Waals surface area contributed by atoms with Crippen molar-refractivity contribution in [2.45, 2.75) is 13.5 Å². The minimum absolute atomic E-state index is 0.0447. The van der Waals surface area contributed by atoms with Crippen molar-refractivity contribution in [2.75, 3.05) is 10.6 Å². The number of nitrogens with zero attached hydrogens (tertiary/aromatic N) is 3. The van der Waals surface area contributed by atoms with Crippen LogP contribution in [0.1, 0.15) is 27.4 Å². The lowest BCUT2D eigenvalue weighted by Crippen LogP contribution is -2.18. The molecule has 32 heavy (non-hydrogen) atoms. The Kier molecular flexibility index (Phi) is 5.94. The number of nitrogen functional groups attached to an aromatic ring is 1. The number of aromatic nitrogens is 3. The minimum atomic E-state index is -0.291. The number of benzene rings is 2. The summed E-state index contributed by atoms with van der Waals surface area (Å²) in [5.74, 6) is -0.336. The number of amidine groups is 1. The molecule has 4 rings (SSSR count). The first-order chi connectivity index (χ1) is 15.5. The Balaban J connectivity index is 1.53. The largest absolute Gasteiger partial charge is 0.384 e. The predicted molar refractivity (Wildman–Crippen MR) is 125 cm³/mol. The standard InChI is InChI=1S/C24H23N7O/c1-16-12-22(31(30-16)21-10-4-6-17(13-21)23(25)26)24(32)29-19-9-5-8-18(14-19)28-15-20-7-2-3-11-27-20/h2-14,28H,15H2,1H3,(H3,25,26)(H,29,32). The third-order valence-corrected chi connectivity index (χ3v) is 4.79. The van der Waals surface area contributed by atoms with Crippen molar-refractivity contribution in [1.82, 2.24) is 14.8 Å². The highest BCUT2D eigenvalue weighted by Gasteiger charge is 2.16. The topological polar surface area (TPSA) is 122 Å². The Morgan fingerprint density at radius 3 is 2.62 bits per heavy atom. The molecule has 160 valence electrons. The van der Waals surface area contributed by atoms with Crippen molar-refractivity contribution in [3.8, 4) is 5.69 Å². The maximum Gasteiger partial charge on any atom is 0.274 e. The van der Waals surface area contributed by atoms with Gasteiger partial charge in [0.1, 0.15) is 11.5 Å². The van der Waals surface area contributed by atoms with Gasteiger partial charge in [0, 0.05) is 23.1 Å². The van der Waals surface area contributed by atoms with Gasteiger partial charge in [-0.15, -0.1) is 0 Å². The number of hydrogen-bond acceptors (Lipinski definition) is 5. The molecule has 8 heteroatoms. The molecule has 0 saturated carbocycles. The number of carbonyl (C=O) groups is 1. The maximum atomic E-state index is 13.1. The Morgan fingerprint density at radius 2 is 1.84 bits per heavy atom. The van der Waals surface area contributed by atoms with Crippen molar-refractivity contribution in [1.29, 1.82) is 5.41 Å². The summed E-state index contributed by atoms with van der Waals surface area (Å²) in [6.45, 7) is 2.40. The van der Waals surface area contributed by atoms with E-state index in [0.717, 1.165) is 11.4 Å². The molecule has 2 aromatic heterocycles. The van der Waals surface area contributed by atoms with Gasteiger partial charge in [0.15, 0.2) is 0 Å². The molecule has 0 aliphatic rings. The van der Waals surface area contributed by atoms with Crippen LogP contribution in [0.25, 0.3) is 5.69 Å². The van der Waals surface area contributed by atoms with Crippen LogP contribution in [0.2, 0.25) is 0 Å². The fraction of sp³-hybridized carbons (Fsp3) is 0.0833. The number of amides is 1. The highest BCUT2D eigenvalue weighted by molar-refractivity contribution is 6.04. The van der Waals surface area contributed by atoms with E-state index in [4.69, 9.17) is 11.1 Å². The molecular weight excluding hydrogens is 402 g/mol. The van der Waals surface area contributed by atoms with Gasteiger partial charge in [-0.25, -0.2) is 4.68 Å². The molecule has 1 amide bonds. The van der Waals surface area contributed by atoms with Crippen molar-refractivity contribution in [3.05, 3.63) is 102 Å². The van der Waals surface area contributed by atoms with Crippen LogP contribution in [0.5, 0.6) is 0 Å². The monoisotopic (exact) mass is 425 g/mol. The number of anilines is 2. The van der Waals surface area contributed by atoms with Crippen molar-refractivity contribution < 1.29 is 4.79 Å². The average Bonchev–Trinajstić information content (AvgIpc) is 3.21. The van der Waals surface area contributed by atoms with E-state index < -0.39 is 0 Å². The van der Waals surface area contributed by atoms with E-state index in [0.29, 0.717) is 34.9 Å². The Labute approximate surface area is 185 Å². The molecule has 0 unspecified atom stereocenters. The fourth-order valence-electron chi connectivity index (χ4n) is 3.26. The number of nitrogens with two attached hydrogens (primary N) is 1. The van der Waals surface area contributed by atoms with E-state index in [-0.39, 0.29) is 11.7 Å². The Bertz CT molecular complexity index is 1260. The van der Waals surface area contributed by atoms with Crippen LogP contribution in [0, 0.1) is 12.3 Å². The molecule has 0 aliphatic heterocycles. The van der Waals surface area contributed by atoms with Crippen LogP contribution in [0.15, 0.2) is 79.0 Å². The number of carbonyl (C=O) groups excluding carboxylic acids is 1. The summed E-state index contributed by atoms with van der Waals surface area (Å²) in [7, 11) is 0. The van der Waals surface area contributed by atoms with Gasteiger partial charge in [0.2, 0.25) is 0 Å². The summed E-state index contributed by atoms with van der Waals surface area (Å²) in [6, 6.07) is 22.1. The molecule has 0 spiro atoms. The van der Waals surface area contributed by atoms with Gasteiger partial charge >= 0.3 is 0 Å². The summed E-state index contributed by atoms with van der Waals surface area (Å²) in [5.41, 5.74) is 10.4. The summed E-state index contributed by atoms with van der Waals surface area (Å²) in [4.78, 5) is 17.4. The number of aryl methyl sites for hydroxylation is 1. The van der Waals surface area contributed by atoms with E-state index in [1.807, 2.05) is 55.5 Å². The number of rotatable bonds is 7. The molecule has 0 saturated heterocycles. The summed E-state index contributed by atoms with van der Waals surface area (Å²) < 4.78 is 1.56. The first-order valence-electron chi connectivity index (χ1n) is 10.1. The zero-order valence-electron chi connectivity index (χ0n) is 17.5. The quantitative estimate of drug-likeness (QED) is 0.266. The van der Waals surface area contributed by atoms with Crippen LogP contribution in [-0.2, 0) is 6.54 Å². The molecule has 0 aliphatic carbocycles. The van der Waals surface area contributed by atoms with Crippen molar-refractivity contribution in [2.24, 2.45) is 5.73 Å². The van der Waals surface area contributed by atoms with Crippen LogP contribution >= 0.6 is 0 Å². The molecular formula is C24H23N7O. The van der Waals surface area contributed by atoms with Gasteiger partial charge in [0.05, 0.1) is 23.6 Å². The SMILES string of the molecule is Cc1cc(C(=O)Nc2cccc(NCc3ccccn3)c2)n(-c2cccc(C(=N)N)c2)n1. The fourth-order valence-corrected chi connectivity index (χ4v) is 3.26. The van der Waals surface area contributed by atoms with Crippen LogP contribution in [0.3, 0.4) is 0 Å². The van der Waals surface area contributed by atoms with Gasteiger partial charge in [-0.05, 0) is 55.5 Å². The lowest BCUT2D eigenvalue weighted by atomic mass is 10.2. The highest BCUT2D eigenvalue weighted by atomic mass is 16.2. The van der Waals surface area contributed by atoms with Crippen molar-refractivity contribution >= 4 is 23.1 Å². The second kappa shape index (κ2) is 9.13. The second-order valence-corrected chi connectivity index (χ2v) is 7.26. The maximum absolute atomic E-state index is 13.1. The molecule has 8 nitrogen and oxygen atoms in total. The summed E-state index contributed by atoms with van der Waals surface area (Å²) in [5, 5.41) is 18.3. The van der Waals surface area contributed by atoms with Crippen molar-refractivity contribution in [3.63, 3.8) is 0 Å². The molecule has 0 radical (unpaired) electrons. The van der Waals surface area contributed by atoms with Gasteiger partial charge in [-0.2, -0.15) is 5.10 Å². The van der Waals surface area contributed by atoms with Crippen LogP contribution < -0.4 is 16.4 Å². The van der Waals surface area contributed by atoms with Crippen LogP contribution in [0.4, 0.5) is 11.4 Å². The third-order valence-electron chi connectivity index (χ3n) is 4.79. The highest BCUT2D eigenvalue weighted by Crippen LogP contribution is 2.19. The molecule has 4 aromatic rings. The lowest BCUT2D eigenvalue weighted by molar-refractivity contribution is 0.101. The van der Waals surface area contributed by atoms with Gasteiger partial charge < -0.3 is 16.4 Å². The van der Waals surface area contributed by atoms with Gasteiger partial charge in [0.25, 0.3) is 5.91 Å². The minimum Gasteiger partial charge on any atom is -0.384 e. The predicted octanol–water partition coefficient (Wildman–Crippen LogP) is 3.72. The molecule has 0 atom stereocenters. The van der Waals surface area contributed by atoms with E-state index in [2.05, 4.69) is 20.7 Å². The van der Waals surface area contributed by atoms with Gasteiger partial charge in [-0.3, -0.25) is 15.2 Å². The molecule has 2 heterocycles. The second-order valence-electron chi connectivity index (χ2n) is 7.26. The zero-order chi connectivity index (χ0) is 22.5. The molecule has 5 N–H and O–H groups in total. The molecule has 0 fully saturated rings. The first-order valence-corrected chi connectivity index (χ1v) is 10.1. The Morgan fingerprint density at radius 1 is 1.03 bits per heavy atom. The summed E-state index contributed by atoms with van der Waals surface area (Å²) in [6.07, 6.45) is 1.75. The van der Waals surface area contributed by atoms with E-state index in [9.17, 15) is 4.79 Å². The van der Waals surface area contributed by atoms with E-state index >= 15 is 0 Å². The van der Waals surface area contributed by atoms with Crippen LogP contribution in [-0.4, -0.2) is 26.5 Å². The third kappa shape index (κ3) is 4.81. The van der Waals surface area contributed by atoms with Gasteiger partial charge in [-0.1, -0.05) is 24.3 Å². The first kappa shape index (κ1) is 20.8.